The normalized spacial score (nSPS) is 19.0. The molecule has 2 amide bonds. The van der Waals surface area contributed by atoms with Crippen LogP contribution in [0.15, 0.2) is 41.6 Å². The smallest absolute Gasteiger partial charge is 0.266 e. The monoisotopic (exact) mass is 397 g/mol. The van der Waals surface area contributed by atoms with E-state index in [1.54, 1.807) is 0 Å². The molecule has 2 aromatic rings. The van der Waals surface area contributed by atoms with Crippen LogP contribution in [-0.4, -0.2) is 26.6 Å². The molecule has 4 rings (SSSR count). The minimum atomic E-state index is -0.673. The third kappa shape index (κ3) is 2.79. The van der Waals surface area contributed by atoms with Crippen molar-refractivity contribution >= 4 is 34.3 Å². The fourth-order valence-corrected chi connectivity index (χ4v) is 3.83. The quantitative estimate of drug-likeness (QED) is 0.342. The molecule has 7 nitrogen and oxygen atoms in total. The van der Waals surface area contributed by atoms with Gasteiger partial charge in [0.15, 0.2) is 0 Å². The van der Waals surface area contributed by atoms with Crippen molar-refractivity contribution in [3.63, 3.8) is 0 Å². The molecule has 1 aromatic carbocycles. The van der Waals surface area contributed by atoms with Gasteiger partial charge in [-0.1, -0.05) is 23.7 Å². The summed E-state index contributed by atoms with van der Waals surface area (Å²) in [5.41, 5.74) is 3.46. The summed E-state index contributed by atoms with van der Waals surface area (Å²) in [5.74, 6) is -1.56. The maximum atomic E-state index is 12.7. The average molecular weight is 398 g/mol. The van der Waals surface area contributed by atoms with Crippen LogP contribution in [0.3, 0.4) is 0 Å². The van der Waals surface area contributed by atoms with Crippen molar-refractivity contribution in [3.05, 3.63) is 73.6 Å². The summed E-state index contributed by atoms with van der Waals surface area (Å²) >= 11 is 6.34. The van der Waals surface area contributed by atoms with E-state index in [-0.39, 0.29) is 35.3 Å². The van der Waals surface area contributed by atoms with E-state index in [1.807, 2.05) is 32.0 Å². The van der Waals surface area contributed by atoms with Crippen molar-refractivity contribution in [1.82, 2.24) is 9.88 Å². The van der Waals surface area contributed by atoms with Gasteiger partial charge in [-0.25, -0.2) is 4.98 Å². The van der Waals surface area contributed by atoms with Gasteiger partial charge in [0.05, 0.1) is 22.9 Å². The highest BCUT2D eigenvalue weighted by molar-refractivity contribution is 6.30. The lowest BCUT2D eigenvalue weighted by Gasteiger charge is -2.16. The number of nitro groups is 1. The second kappa shape index (κ2) is 6.53. The molecule has 142 valence electrons. The van der Waals surface area contributed by atoms with Crippen molar-refractivity contribution in [2.75, 3.05) is 0 Å². The highest BCUT2D eigenvalue weighted by Crippen LogP contribution is 2.35. The number of benzene rings is 1. The number of pyridine rings is 1. The zero-order valence-electron chi connectivity index (χ0n) is 15.2. The van der Waals surface area contributed by atoms with Crippen LogP contribution in [-0.2, 0) is 16.1 Å². The van der Waals surface area contributed by atoms with Crippen LogP contribution in [0.2, 0.25) is 5.15 Å². The van der Waals surface area contributed by atoms with Gasteiger partial charge >= 0.3 is 0 Å². The van der Waals surface area contributed by atoms with Crippen LogP contribution in [0.1, 0.15) is 23.1 Å². The number of nitrogens with zero attached hydrogens (tertiary/aromatic N) is 3. The van der Waals surface area contributed by atoms with Gasteiger partial charge in [0.2, 0.25) is 5.91 Å². The Labute approximate surface area is 165 Å². The molecule has 0 spiro atoms. The molecule has 1 atom stereocenters. The Kier molecular flexibility index (Phi) is 4.27. The molecule has 1 aromatic heterocycles. The van der Waals surface area contributed by atoms with Crippen molar-refractivity contribution in [2.24, 2.45) is 5.92 Å². The van der Waals surface area contributed by atoms with Gasteiger partial charge in [-0.15, -0.1) is 0 Å². The summed E-state index contributed by atoms with van der Waals surface area (Å²) in [6.45, 7) is 3.93. The lowest BCUT2D eigenvalue weighted by Crippen LogP contribution is -2.30. The molecule has 0 N–H and O–H groups in total. The molecule has 1 aliphatic carbocycles. The number of fused-ring (bicyclic) bond motifs is 2. The van der Waals surface area contributed by atoms with E-state index < -0.39 is 16.7 Å². The van der Waals surface area contributed by atoms with Gasteiger partial charge in [-0.2, -0.15) is 0 Å². The average Bonchev–Trinajstić information content (AvgIpc) is 2.90. The Morgan fingerprint density at radius 3 is 2.79 bits per heavy atom. The highest BCUT2D eigenvalue weighted by Gasteiger charge is 2.45. The summed E-state index contributed by atoms with van der Waals surface area (Å²) in [7, 11) is 0. The fraction of sp³-hybridized carbons (Fsp3) is 0.250. The number of allylic oxidation sites excluding steroid dienone is 2. The first-order valence-electron chi connectivity index (χ1n) is 8.75. The molecule has 1 saturated heterocycles. The Morgan fingerprint density at radius 2 is 2.07 bits per heavy atom. The van der Waals surface area contributed by atoms with E-state index in [0.29, 0.717) is 5.56 Å². The molecule has 1 aliphatic heterocycles. The van der Waals surface area contributed by atoms with E-state index in [1.165, 1.54) is 12.2 Å². The van der Waals surface area contributed by atoms with Gasteiger partial charge in [0, 0.05) is 22.6 Å². The van der Waals surface area contributed by atoms with Crippen LogP contribution in [0.25, 0.3) is 10.9 Å². The zero-order valence-corrected chi connectivity index (χ0v) is 16.0. The number of carbonyl (C=O) groups excluding carboxylic acids is 2. The number of aryl methyl sites for hydroxylation is 2. The number of rotatable bonds is 3. The van der Waals surface area contributed by atoms with Crippen LogP contribution in [0.5, 0.6) is 0 Å². The summed E-state index contributed by atoms with van der Waals surface area (Å²) < 4.78 is 0. The predicted molar refractivity (Wildman–Crippen MR) is 103 cm³/mol. The molecule has 2 heterocycles. The van der Waals surface area contributed by atoms with Gasteiger partial charge in [0.1, 0.15) is 5.15 Å². The lowest BCUT2D eigenvalue weighted by atomic mass is 9.92. The summed E-state index contributed by atoms with van der Waals surface area (Å²) in [6.07, 6.45) is 2.71. The maximum absolute atomic E-state index is 12.7. The Morgan fingerprint density at radius 1 is 1.32 bits per heavy atom. The Balaban J connectivity index is 1.69. The van der Waals surface area contributed by atoms with E-state index in [2.05, 4.69) is 4.98 Å². The molecule has 2 aliphatic rings. The van der Waals surface area contributed by atoms with Crippen molar-refractivity contribution in [1.29, 1.82) is 0 Å². The number of carbonyl (C=O) groups is 2. The fourth-order valence-electron chi connectivity index (χ4n) is 3.64. The molecule has 0 saturated carbocycles. The molecule has 1 fully saturated rings. The first-order chi connectivity index (χ1) is 13.3. The first kappa shape index (κ1) is 18.3. The highest BCUT2D eigenvalue weighted by atomic mass is 35.5. The Bertz CT molecular complexity index is 1140. The largest absolute Gasteiger partial charge is 0.274 e. The van der Waals surface area contributed by atoms with E-state index in [4.69, 9.17) is 11.6 Å². The minimum absolute atomic E-state index is 0.0198. The minimum Gasteiger partial charge on any atom is -0.274 e. The predicted octanol–water partition coefficient (Wildman–Crippen LogP) is 3.48. The van der Waals surface area contributed by atoms with Crippen molar-refractivity contribution in [2.45, 2.75) is 26.8 Å². The van der Waals surface area contributed by atoms with Gasteiger partial charge < -0.3 is 0 Å². The number of hydrogen-bond acceptors (Lipinski definition) is 5. The molecule has 1 unspecified atom stereocenters. The molecule has 0 bridgehead atoms. The van der Waals surface area contributed by atoms with Crippen LogP contribution < -0.4 is 0 Å². The van der Waals surface area contributed by atoms with E-state index in [9.17, 15) is 19.7 Å². The molecule has 0 radical (unpaired) electrons. The Hall–Kier alpha value is -3.06. The number of amides is 2. The molecular formula is C20H16ClN3O4. The number of aromatic nitrogens is 1. The second-order valence-corrected chi connectivity index (χ2v) is 7.38. The third-order valence-electron chi connectivity index (χ3n) is 5.37. The van der Waals surface area contributed by atoms with Crippen LogP contribution in [0, 0.1) is 29.9 Å². The van der Waals surface area contributed by atoms with Gasteiger partial charge in [-0.05, 0) is 43.5 Å². The van der Waals surface area contributed by atoms with Crippen molar-refractivity contribution < 1.29 is 14.5 Å². The van der Waals surface area contributed by atoms with Gasteiger partial charge in [-0.3, -0.25) is 24.6 Å². The van der Waals surface area contributed by atoms with E-state index in [0.717, 1.165) is 26.9 Å². The zero-order chi connectivity index (χ0) is 20.2. The van der Waals surface area contributed by atoms with E-state index >= 15 is 0 Å². The van der Waals surface area contributed by atoms with Crippen LogP contribution >= 0.6 is 11.6 Å². The third-order valence-corrected chi connectivity index (χ3v) is 5.70. The summed E-state index contributed by atoms with van der Waals surface area (Å²) in [4.78, 5) is 41.4. The number of imide groups is 1. The molecular weight excluding hydrogens is 382 g/mol. The topological polar surface area (TPSA) is 93.4 Å². The first-order valence-corrected chi connectivity index (χ1v) is 9.13. The SMILES string of the molecule is Cc1ccc2cc(CN3C(=O)C4=CC([N+](=O)[O-])=CCC4C3=O)c(Cl)nc2c1C. The van der Waals surface area contributed by atoms with Crippen molar-refractivity contribution in [3.8, 4) is 0 Å². The maximum Gasteiger partial charge on any atom is 0.266 e. The summed E-state index contributed by atoms with van der Waals surface area (Å²) in [5, 5.41) is 12.1. The number of likely N-dealkylation sites (tertiary alicyclic amines) is 1. The summed E-state index contributed by atoms with van der Waals surface area (Å²) in [6, 6.07) is 5.73. The molecule has 8 heteroatoms. The molecule has 28 heavy (non-hydrogen) atoms. The number of hydrogen-bond donors (Lipinski definition) is 0. The second-order valence-electron chi connectivity index (χ2n) is 7.02. The lowest BCUT2D eigenvalue weighted by molar-refractivity contribution is -0.419. The van der Waals surface area contributed by atoms with Crippen LogP contribution in [0.4, 0.5) is 0 Å². The standard InChI is InChI=1S/C20H16ClN3O4/c1-10-3-4-12-7-13(18(21)22-17(12)11(10)2)9-23-19(25)15-6-5-14(24(27)28)8-16(15)20(23)26/h3-5,7-8,15H,6,9H2,1-2H3. The number of halogens is 1. The van der Waals surface area contributed by atoms with Gasteiger partial charge in [0.25, 0.3) is 11.6 Å².